The van der Waals surface area contributed by atoms with E-state index in [4.69, 9.17) is 0 Å². The zero-order valence-corrected chi connectivity index (χ0v) is 17.2. The van der Waals surface area contributed by atoms with Crippen molar-refractivity contribution in [2.45, 2.75) is 11.4 Å². The Balaban J connectivity index is 1.72. The summed E-state index contributed by atoms with van der Waals surface area (Å²) in [6, 6.07) is 11.9. The van der Waals surface area contributed by atoms with E-state index < -0.39 is 9.84 Å². The molecule has 0 radical (unpaired) electrons. The first-order chi connectivity index (χ1) is 14.3. The summed E-state index contributed by atoms with van der Waals surface area (Å²) >= 11 is 0. The molecule has 3 heterocycles. The topological polar surface area (TPSA) is 107 Å². The first-order valence-corrected chi connectivity index (χ1v) is 11.0. The minimum atomic E-state index is -3.29. The number of fused-ring (bicyclic) bond motifs is 1. The number of benzene rings is 1. The Morgan fingerprint density at radius 2 is 1.90 bits per heavy atom. The second-order valence-electron chi connectivity index (χ2n) is 6.90. The maximum Gasteiger partial charge on any atom is 0.270 e. The minimum Gasteiger partial charge on any atom is -0.347 e. The first kappa shape index (κ1) is 19.7. The molecule has 0 aliphatic rings. The zero-order valence-electron chi connectivity index (χ0n) is 16.4. The van der Waals surface area contributed by atoms with Crippen LogP contribution in [-0.2, 0) is 23.4 Å². The van der Waals surface area contributed by atoms with Gasteiger partial charge >= 0.3 is 0 Å². The van der Waals surface area contributed by atoms with Crippen LogP contribution in [0.2, 0.25) is 0 Å². The maximum atomic E-state index is 12.8. The first-order valence-electron chi connectivity index (χ1n) is 9.13. The molecule has 1 N–H and O–H groups in total. The normalized spacial score (nSPS) is 11.5. The van der Waals surface area contributed by atoms with Crippen molar-refractivity contribution in [2.24, 2.45) is 7.05 Å². The van der Waals surface area contributed by atoms with Gasteiger partial charge in [0.25, 0.3) is 5.91 Å². The number of nitrogens with zero attached hydrogens (tertiary/aromatic N) is 4. The number of aromatic nitrogens is 4. The Kier molecular flexibility index (Phi) is 5.04. The van der Waals surface area contributed by atoms with E-state index in [1.807, 2.05) is 6.07 Å². The van der Waals surface area contributed by atoms with Crippen LogP contribution in [0.4, 0.5) is 0 Å². The average molecular weight is 421 g/mol. The number of aryl methyl sites for hydroxylation is 1. The molecule has 0 saturated carbocycles. The number of carbonyl (C=O) groups is 1. The van der Waals surface area contributed by atoms with Crippen molar-refractivity contribution in [1.82, 2.24) is 25.1 Å². The lowest BCUT2D eigenvalue weighted by molar-refractivity contribution is 0.0946. The van der Waals surface area contributed by atoms with Gasteiger partial charge in [-0.3, -0.25) is 14.5 Å². The largest absolute Gasteiger partial charge is 0.347 e. The van der Waals surface area contributed by atoms with Crippen LogP contribution in [0.3, 0.4) is 0 Å². The van der Waals surface area contributed by atoms with E-state index in [9.17, 15) is 13.2 Å². The number of nitrogens with one attached hydrogen (secondary N) is 1. The fraction of sp³-hybridized carbons (Fsp3) is 0.143. The molecule has 1 aromatic carbocycles. The van der Waals surface area contributed by atoms with Gasteiger partial charge in [-0.2, -0.15) is 5.10 Å². The van der Waals surface area contributed by atoms with Gasteiger partial charge in [0, 0.05) is 37.6 Å². The number of pyridine rings is 2. The van der Waals surface area contributed by atoms with Gasteiger partial charge in [-0.25, -0.2) is 13.4 Å². The third-order valence-electron chi connectivity index (χ3n) is 4.71. The fourth-order valence-electron chi connectivity index (χ4n) is 3.13. The molecule has 0 bridgehead atoms. The highest BCUT2D eigenvalue weighted by molar-refractivity contribution is 7.90. The molecular formula is C21H19N5O3S. The molecule has 30 heavy (non-hydrogen) atoms. The summed E-state index contributed by atoms with van der Waals surface area (Å²) in [5.41, 5.74) is 3.20. The van der Waals surface area contributed by atoms with E-state index in [2.05, 4.69) is 20.4 Å². The summed E-state index contributed by atoms with van der Waals surface area (Å²) in [6.07, 6.45) is 6.20. The Morgan fingerprint density at radius 1 is 1.13 bits per heavy atom. The van der Waals surface area contributed by atoms with E-state index >= 15 is 0 Å². The number of sulfone groups is 1. The lowest BCUT2D eigenvalue weighted by Gasteiger charge is -2.09. The number of hydrogen-bond donors (Lipinski definition) is 1. The van der Waals surface area contributed by atoms with Crippen LogP contribution in [0.5, 0.6) is 0 Å². The van der Waals surface area contributed by atoms with Gasteiger partial charge in [0.2, 0.25) is 0 Å². The number of rotatable bonds is 5. The molecular weight excluding hydrogens is 402 g/mol. The van der Waals surface area contributed by atoms with E-state index in [0.717, 1.165) is 22.1 Å². The van der Waals surface area contributed by atoms with Crippen LogP contribution in [0.15, 0.2) is 66.0 Å². The molecule has 0 aliphatic heterocycles. The lowest BCUT2D eigenvalue weighted by atomic mass is 10.0. The van der Waals surface area contributed by atoms with Crippen molar-refractivity contribution < 1.29 is 13.2 Å². The van der Waals surface area contributed by atoms with Crippen molar-refractivity contribution in [3.8, 4) is 11.1 Å². The van der Waals surface area contributed by atoms with Crippen LogP contribution in [-0.4, -0.2) is 40.3 Å². The number of amides is 1. The van der Waals surface area contributed by atoms with Crippen LogP contribution < -0.4 is 5.32 Å². The quantitative estimate of drug-likeness (QED) is 0.530. The molecule has 8 nitrogen and oxygen atoms in total. The van der Waals surface area contributed by atoms with Crippen LogP contribution in [0, 0.1) is 0 Å². The van der Waals surface area contributed by atoms with E-state index in [-0.39, 0.29) is 16.5 Å². The zero-order chi connectivity index (χ0) is 21.3. The molecule has 0 saturated heterocycles. The Bertz CT molecular complexity index is 1330. The van der Waals surface area contributed by atoms with E-state index in [0.29, 0.717) is 12.2 Å². The van der Waals surface area contributed by atoms with Gasteiger partial charge in [-0.15, -0.1) is 0 Å². The SMILES string of the molecule is Cn1ncc2c(-c3ccc(S(C)(=O)=O)cc3)cc(C(=O)NCc3cccnc3)nc21. The van der Waals surface area contributed by atoms with Crippen LogP contribution >= 0.6 is 0 Å². The Hall–Kier alpha value is -3.59. The summed E-state index contributed by atoms with van der Waals surface area (Å²) in [6.45, 7) is 0.330. The minimum absolute atomic E-state index is 0.233. The summed E-state index contributed by atoms with van der Waals surface area (Å²) in [7, 11) is -1.54. The smallest absolute Gasteiger partial charge is 0.270 e. The van der Waals surface area contributed by atoms with Gasteiger partial charge in [-0.1, -0.05) is 18.2 Å². The van der Waals surface area contributed by atoms with Crippen molar-refractivity contribution in [3.63, 3.8) is 0 Å². The van der Waals surface area contributed by atoms with Gasteiger partial charge in [0.15, 0.2) is 15.5 Å². The molecule has 9 heteroatoms. The van der Waals surface area contributed by atoms with Crippen LogP contribution in [0.25, 0.3) is 22.2 Å². The monoisotopic (exact) mass is 421 g/mol. The Morgan fingerprint density at radius 3 is 2.57 bits per heavy atom. The highest BCUT2D eigenvalue weighted by Gasteiger charge is 2.16. The van der Waals surface area contributed by atoms with Crippen molar-refractivity contribution in [2.75, 3.05) is 6.26 Å². The lowest BCUT2D eigenvalue weighted by Crippen LogP contribution is -2.24. The second-order valence-corrected chi connectivity index (χ2v) is 8.92. The predicted molar refractivity (Wildman–Crippen MR) is 112 cm³/mol. The molecule has 0 fully saturated rings. The summed E-state index contributed by atoms with van der Waals surface area (Å²) in [5.74, 6) is -0.323. The summed E-state index contributed by atoms with van der Waals surface area (Å²) in [5, 5.41) is 7.87. The molecule has 0 spiro atoms. The molecule has 152 valence electrons. The van der Waals surface area contributed by atoms with Crippen LogP contribution in [0.1, 0.15) is 16.1 Å². The number of carbonyl (C=O) groups excluding carboxylic acids is 1. The average Bonchev–Trinajstić information content (AvgIpc) is 3.12. The van der Waals surface area contributed by atoms with Gasteiger partial charge in [0.1, 0.15) is 5.69 Å². The molecule has 0 atom stereocenters. The predicted octanol–water partition coefficient (Wildman–Crippen LogP) is 2.36. The van der Waals surface area contributed by atoms with Gasteiger partial charge in [-0.05, 0) is 41.0 Å². The molecule has 1 amide bonds. The highest BCUT2D eigenvalue weighted by atomic mass is 32.2. The van der Waals surface area contributed by atoms with Gasteiger partial charge in [0.05, 0.1) is 11.1 Å². The molecule has 0 aliphatic carbocycles. The molecule has 4 aromatic rings. The maximum absolute atomic E-state index is 12.8. The van der Waals surface area contributed by atoms with Crippen molar-refractivity contribution in [3.05, 3.63) is 72.3 Å². The van der Waals surface area contributed by atoms with Crippen molar-refractivity contribution >= 4 is 26.8 Å². The standard InChI is InChI=1S/C21H19N5O3S/c1-26-20-18(13-24-26)17(15-5-7-16(8-6-15)30(2,28)29)10-19(25-20)21(27)23-12-14-4-3-9-22-11-14/h3-11,13H,12H2,1-2H3,(H,23,27). The second kappa shape index (κ2) is 7.68. The molecule has 0 unspecified atom stereocenters. The van der Waals surface area contributed by atoms with E-state index in [1.54, 1.807) is 66.7 Å². The fourth-order valence-corrected chi connectivity index (χ4v) is 3.76. The summed E-state index contributed by atoms with van der Waals surface area (Å²) < 4.78 is 25.1. The summed E-state index contributed by atoms with van der Waals surface area (Å²) in [4.78, 5) is 21.5. The van der Waals surface area contributed by atoms with Gasteiger partial charge < -0.3 is 5.32 Å². The van der Waals surface area contributed by atoms with Crippen molar-refractivity contribution in [1.29, 1.82) is 0 Å². The third-order valence-corrected chi connectivity index (χ3v) is 5.84. The Labute approximate surface area is 173 Å². The third kappa shape index (κ3) is 3.92. The number of hydrogen-bond acceptors (Lipinski definition) is 6. The van der Waals surface area contributed by atoms with E-state index in [1.165, 1.54) is 6.26 Å². The molecule has 3 aromatic heterocycles. The highest BCUT2D eigenvalue weighted by Crippen LogP contribution is 2.29. The molecule has 4 rings (SSSR count).